The van der Waals surface area contributed by atoms with Crippen molar-refractivity contribution in [2.45, 2.75) is 39.2 Å². The number of rotatable bonds is 10. The SMILES string of the molecule is CCCCOc1ccc(C(CC(=O)c2ccc(C)cc2)Nc2ccc(Cl)cc2)cc1. The molecule has 0 saturated heterocycles. The Morgan fingerprint density at radius 3 is 2.27 bits per heavy atom. The average molecular weight is 422 g/mol. The largest absolute Gasteiger partial charge is 0.494 e. The molecule has 0 aliphatic rings. The molecule has 3 aromatic rings. The average Bonchev–Trinajstić information content (AvgIpc) is 2.76. The summed E-state index contributed by atoms with van der Waals surface area (Å²) in [4.78, 5) is 12.9. The second-order valence-corrected chi connectivity index (χ2v) is 7.90. The van der Waals surface area contributed by atoms with E-state index in [1.54, 1.807) is 0 Å². The van der Waals surface area contributed by atoms with Crippen LogP contribution in [-0.4, -0.2) is 12.4 Å². The van der Waals surface area contributed by atoms with Crippen LogP contribution in [-0.2, 0) is 0 Å². The Morgan fingerprint density at radius 2 is 1.63 bits per heavy atom. The van der Waals surface area contributed by atoms with Crippen molar-refractivity contribution < 1.29 is 9.53 Å². The summed E-state index contributed by atoms with van der Waals surface area (Å²) >= 11 is 6.02. The number of ketones is 1. The van der Waals surface area contributed by atoms with Crippen molar-refractivity contribution in [1.82, 2.24) is 0 Å². The molecule has 0 aromatic heterocycles. The van der Waals surface area contributed by atoms with Crippen LogP contribution in [0.3, 0.4) is 0 Å². The first-order chi connectivity index (χ1) is 14.5. The monoisotopic (exact) mass is 421 g/mol. The van der Waals surface area contributed by atoms with Crippen molar-refractivity contribution in [3.63, 3.8) is 0 Å². The summed E-state index contributed by atoms with van der Waals surface area (Å²) in [6.45, 7) is 4.88. The molecule has 1 unspecified atom stereocenters. The molecule has 30 heavy (non-hydrogen) atoms. The summed E-state index contributed by atoms with van der Waals surface area (Å²) < 4.78 is 5.77. The molecule has 3 nitrogen and oxygen atoms in total. The molecule has 0 bridgehead atoms. The third kappa shape index (κ3) is 6.36. The first-order valence-electron chi connectivity index (χ1n) is 10.4. The molecule has 0 aliphatic heterocycles. The maximum Gasteiger partial charge on any atom is 0.165 e. The lowest BCUT2D eigenvalue weighted by molar-refractivity contribution is 0.0976. The lowest BCUT2D eigenvalue weighted by atomic mass is 9.97. The van der Waals surface area contributed by atoms with Crippen molar-refractivity contribution in [3.05, 3.63) is 94.5 Å². The van der Waals surface area contributed by atoms with Gasteiger partial charge in [0.1, 0.15) is 5.75 Å². The molecule has 0 saturated carbocycles. The van der Waals surface area contributed by atoms with Crippen molar-refractivity contribution >= 4 is 23.1 Å². The van der Waals surface area contributed by atoms with Gasteiger partial charge < -0.3 is 10.1 Å². The van der Waals surface area contributed by atoms with Crippen LogP contribution < -0.4 is 10.1 Å². The number of hydrogen-bond donors (Lipinski definition) is 1. The summed E-state index contributed by atoms with van der Waals surface area (Å²) in [7, 11) is 0. The summed E-state index contributed by atoms with van der Waals surface area (Å²) in [5, 5.41) is 4.17. The highest BCUT2D eigenvalue weighted by Crippen LogP contribution is 2.27. The number of benzene rings is 3. The third-order valence-electron chi connectivity index (χ3n) is 5.00. The smallest absolute Gasteiger partial charge is 0.165 e. The van der Waals surface area contributed by atoms with Gasteiger partial charge in [0, 0.05) is 22.7 Å². The summed E-state index contributed by atoms with van der Waals surface area (Å²) in [6, 6.07) is 23.1. The predicted molar refractivity (Wildman–Crippen MR) is 125 cm³/mol. The van der Waals surface area contributed by atoms with Crippen molar-refractivity contribution in [3.8, 4) is 5.75 Å². The Bertz CT molecular complexity index is 934. The Balaban J connectivity index is 1.78. The predicted octanol–water partition coefficient (Wildman–Crippen LogP) is 7.25. The first kappa shape index (κ1) is 21.9. The highest BCUT2D eigenvalue weighted by Gasteiger charge is 2.18. The molecule has 0 amide bonds. The van der Waals surface area contributed by atoms with Gasteiger partial charge in [-0.2, -0.15) is 0 Å². The van der Waals surface area contributed by atoms with Crippen molar-refractivity contribution in [2.24, 2.45) is 0 Å². The van der Waals surface area contributed by atoms with Gasteiger partial charge in [-0.25, -0.2) is 0 Å². The van der Waals surface area contributed by atoms with E-state index in [1.807, 2.05) is 79.7 Å². The topological polar surface area (TPSA) is 38.3 Å². The molecule has 0 radical (unpaired) electrons. The van der Waals surface area contributed by atoms with E-state index in [0.717, 1.165) is 41.0 Å². The van der Waals surface area contributed by atoms with E-state index < -0.39 is 0 Å². The van der Waals surface area contributed by atoms with Crippen LogP contribution in [0.25, 0.3) is 0 Å². The quantitative estimate of drug-likeness (QED) is 0.276. The Hall–Kier alpha value is -2.78. The second-order valence-electron chi connectivity index (χ2n) is 7.47. The Kier molecular flexibility index (Phi) is 7.92. The molecule has 0 fully saturated rings. The normalized spacial score (nSPS) is 11.7. The Labute approximate surface area is 184 Å². The van der Waals surface area contributed by atoms with E-state index >= 15 is 0 Å². The zero-order valence-corrected chi connectivity index (χ0v) is 18.3. The Morgan fingerprint density at radius 1 is 0.967 bits per heavy atom. The van der Waals surface area contributed by atoms with Gasteiger partial charge in [-0.3, -0.25) is 4.79 Å². The van der Waals surface area contributed by atoms with E-state index in [9.17, 15) is 4.79 Å². The maximum atomic E-state index is 12.9. The van der Waals surface area contributed by atoms with Crippen LogP contribution in [0.15, 0.2) is 72.8 Å². The van der Waals surface area contributed by atoms with E-state index in [1.165, 1.54) is 0 Å². The van der Waals surface area contributed by atoms with Gasteiger partial charge >= 0.3 is 0 Å². The number of Topliss-reactive ketones (excluding diaryl/α,β-unsaturated/α-hetero) is 1. The molecular formula is C26H28ClNO2. The van der Waals surface area contributed by atoms with E-state index in [0.29, 0.717) is 18.1 Å². The molecule has 4 heteroatoms. The minimum absolute atomic E-state index is 0.102. The molecule has 1 atom stereocenters. The molecular weight excluding hydrogens is 394 g/mol. The molecule has 0 aliphatic carbocycles. The number of ether oxygens (including phenoxy) is 1. The van der Waals surface area contributed by atoms with Crippen LogP contribution in [0.4, 0.5) is 5.69 Å². The molecule has 0 spiro atoms. The fourth-order valence-electron chi connectivity index (χ4n) is 3.17. The van der Waals surface area contributed by atoms with E-state index in [-0.39, 0.29) is 11.8 Å². The summed E-state index contributed by atoms with van der Waals surface area (Å²) in [5.41, 5.74) is 3.82. The van der Waals surface area contributed by atoms with Crippen LogP contribution in [0.5, 0.6) is 5.75 Å². The van der Waals surface area contributed by atoms with E-state index in [2.05, 4.69) is 12.2 Å². The van der Waals surface area contributed by atoms with Gasteiger partial charge in [0.25, 0.3) is 0 Å². The number of aryl methyl sites for hydroxylation is 1. The lowest BCUT2D eigenvalue weighted by Crippen LogP contribution is -2.16. The standard InChI is InChI=1S/C26H28ClNO2/c1-3-4-17-30-24-15-9-20(10-16-24)25(28-23-13-11-22(27)12-14-23)18-26(29)21-7-5-19(2)6-8-21/h5-16,25,28H,3-4,17-18H2,1-2H3. The zero-order chi connectivity index (χ0) is 21.3. The minimum atomic E-state index is -0.162. The minimum Gasteiger partial charge on any atom is -0.494 e. The fraction of sp³-hybridized carbons (Fsp3) is 0.269. The number of halogens is 1. The first-order valence-corrected chi connectivity index (χ1v) is 10.8. The van der Waals surface area contributed by atoms with Gasteiger partial charge in [-0.1, -0.05) is 66.9 Å². The zero-order valence-electron chi connectivity index (χ0n) is 17.5. The van der Waals surface area contributed by atoms with Crippen LogP contribution in [0, 0.1) is 6.92 Å². The highest BCUT2D eigenvalue weighted by atomic mass is 35.5. The highest BCUT2D eigenvalue weighted by molar-refractivity contribution is 6.30. The number of anilines is 1. The van der Waals surface area contributed by atoms with E-state index in [4.69, 9.17) is 16.3 Å². The van der Waals surface area contributed by atoms with Crippen molar-refractivity contribution in [1.29, 1.82) is 0 Å². The lowest BCUT2D eigenvalue weighted by Gasteiger charge is -2.21. The van der Waals surface area contributed by atoms with Gasteiger partial charge in [0.15, 0.2) is 5.78 Å². The second kappa shape index (κ2) is 10.8. The molecule has 1 N–H and O–H groups in total. The van der Waals surface area contributed by atoms with Crippen LogP contribution >= 0.6 is 11.6 Å². The number of hydrogen-bond acceptors (Lipinski definition) is 3. The maximum absolute atomic E-state index is 12.9. The summed E-state index contributed by atoms with van der Waals surface area (Å²) in [5.74, 6) is 0.951. The van der Waals surface area contributed by atoms with Crippen LogP contribution in [0.2, 0.25) is 5.02 Å². The number of nitrogens with one attached hydrogen (secondary N) is 1. The summed E-state index contributed by atoms with van der Waals surface area (Å²) in [6.07, 6.45) is 2.49. The third-order valence-corrected chi connectivity index (χ3v) is 5.25. The molecule has 156 valence electrons. The fourth-order valence-corrected chi connectivity index (χ4v) is 3.30. The van der Waals surface area contributed by atoms with Gasteiger partial charge in [-0.05, 0) is 55.3 Å². The van der Waals surface area contributed by atoms with Crippen molar-refractivity contribution in [2.75, 3.05) is 11.9 Å². The number of unbranched alkanes of at least 4 members (excludes halogenated alkanes) is 1. The van der Waals surface area contributed by atoms with Gasteiger partial charge in [0.2, 0.25) is 0 Å². The molecule has 3 aromatic carbocycles. The number of carbonyl (C=O) groups excluding carboxylic acids is 1. The van der Waals surface area contributed by atoms with Gasteiger partial charge in [0.05, 0.1) is 12.6 Å². The molecule has 0 heterocycles. The van der Waals surface area contributed by atoms with Gasteiger partial charge in [-0.15, -0.1) is 0 Å². The molecule has 3 rings (SSSR count). The van der Waals surface area contributed by atoms with Crippen LogP contribution in [0.1, 0.15) is 53.7 Å². The number of carbonyl (C=O) groups is 1.